The fourth-order valence-electron chi connectivity index (χ4n) is 2.57. The van der Waals surface area contributed by atoms with E-state index in [1.165, 1.54) is 25.7 Å². The van der Waals surface area contributed by atoms with E-state index in [0.717, 1.165) is 6.54 Å². The number of nitrogens with one attached hydrogen (secondary N) is 1. The monoisotopic (exact) mass is 221 g/mol. The highest BCUT2D eigenvalue weighted by molar-refractivity contribution is 4.85. The molecule has 16 heavy (non-hydrogen) atoms. The van der Waals surface area contributed by atoms with Gasteiger partial charge in [-0.2, -0.15) is 0 Å². The van der Waals surface area contributed by atoms with Gasteiger partial charge in [0.1, 0.15) is 0 Å². The van der Waals surface area contributed by atoms with Crippen molar-refractivity contribution in [3.05, 3.63) is 28.9 Å². The predicted octanol–water partition coefficient (Wildman–Crippen LogP) is 1.02. The average Bonchev–Trinajstić information content (AvgIpc) is 2.81. The van der Waals surface area contributed by atoms with Crippen molar-refractivity contribution in [1.29, 1.82) is 0 Å². The zero-order chi connectivity index (χ0) is 11.4. The quantitative estimate of drug-likeness (QED) is 0.825. The highest BCUT2D eigenvalue weighted by Crippen LogP contribution is 2.28. The molecule has 1 saturated carbocycles. The molecule has 4 heteroatoms. The molecule has 1 atom stereocenters. The van der Waals surface area contributed by atoms with Gasteiger partial charge < -0.3 is 5.32 Å². The normalized spacial score (nSPS) is 18.8. The highest BCUT2D eigenvalue weighted by Gasteiger charge is 2.24. The van der Waals surface area contributed by atoms with Gasteiger partial charge in [-0.25, -0.2) is 9.78 Å². The standard InChI is InChI=1S/C12H19N3O/c1-13-11(10-5-2-3-6-10)9-15-8-4-7-14-12(15)16/h4,7-8,10-11,13H,2-3,5-6,9H2,1H3. The second-order valence-corrected chi connectivity index (χ2v) is 4.49. The number of likely N-dealkylation sites (N-methyl/N-ethyl adjacent to an activating group) is 1. The third-order valence-corrected chi connectivity index (χ3v) is 3.52. The van der Waals surface area contributed by atoms with Crippen molar-refractivity contribution in [3.63, 3.8) is 0 Å². The molecule has 0 aromatic carbocycles. The van der Waals surface area contributed by atoms with Crippen molar-refractivity contribution < 1.29 is 0 Å². The van der Waals surface area contributed by atoms with Crippen LogP contribution in [0.15, 0.2) is 23.3 Å². The molecule has 0 radical (unpaired) electrons. The van der Waals surface area contributed by atoms with Crippen molar-refractivity contribution in [2.75, 3.05) is 7.05 Å². The maximum Gasteiger partial charge on any atom is 0.347 e. The Morgan fingerprint density at radius 2 is 2.31 bits per heavy atom. The molecular weight excluding hydrogens is 202 g/mol. The van der Waals surface area contributed by atoms with Gasteiger partial charge in [-0.1, -0.05) is 12.8 Å². The minimum atomic E-state index is -0.152. The van der Waals surface area contributed by atoms with E-state index in [2.05, 4.69) is 10.3 Å². The molecule has 0 spiro atoms. The van der Waals surface area contributed by atoms with E-state index in [1.807, 2.05) is 19.3 Å². The van der Waals surface area contributed by atoms with Crippen molar-refractivity contribution in [2.24, 2.45) is 5.92 Å². The van der Waals surface area contributed by atoms with Crippen LogP contribution in [0.5, 0.6) is 0 Å². The molecule has 0 amide bonds. The molecule has 1 N–H and O–H groups in total. The third-order valence-electron chi connectivity index (χ3n) is 3.52. The first-order valence-electron chi connectivity index (χ1n) is 6.00. The molecule has 88 valence electrons. The van der Waals surface area contributed by atoms with Gasteiger partial charge in [0, 0.05) is 25.0 Å². The topological polar surface area (TPSA) is 46.9 Å². The second-order valence-electron chi connectivity index (χ2n) is 4.49. The zero-order valence-electron chi connectivity index (χ0n) is 9.72. The third kappa shape index (κ3) is 2.50. The summed E-state index contributed by atoms with van der Waals surface area (Å²) in [7, 11) is 1.98. The number of hydrogen-bond acceptors (Lipinski definition) is 3. The van der Waals surface area contributed by atoms with E-state index in [9.17, 15) is 4.79 Å². The molecule has 1 heterocycles. The predicted molar refractivity (Wildman–Crippen MR) is 63.3 cm³/mol. The Balaban J connectivity index is 2.06. The maximum atomic E-state index is 11.5. The summed E-state index contributed by atoms with van der Waals surface area (Å²) in [5.74, 6) is 0.706. The maximum absolute atomic E-state index is 11.5. The largest absolute Gasteiger partial charge is 0.347 e. The first kappa shape index (κ1) is 11.3. The van der Waals surface area contributed by atoms with Gasteiger partial charge in [0.05, 0.1) is 0 Å². The SMILES string of the molecule is CNC(Cn1cccnc1=O)C1CCCC1. The summed E-state index contributed by atoms with van der Waals surface area (Å²) in [6.45, 7) is 0.730. The Bertz CT molecular complexity index is 382. The van der Waals surface area contributed by atoms with Gasteiger partial charge in [-0.15, -0.1) is 0 Å². The average molecular weight is 221 g/mol. The minimum absolute atomic E-state index is 0.152. The van der Waals surface area contributed by atoms with E-state index in [1.54, 1.807) is 10.8 Å². The Morgan fingerprint density at radius 1 is 1.56 bits per heavy atom. The lowest BCUT2D eigenvalue weighted by Gasteiger charge is -2.23. The van der Waals surface area contributed by atoms with Crippen LogP contribution in [0.4, 0.5) is 0 Å². The van der Waals surface area contributed by atoms with Crippen molar-refractivity contribution in [3.8, 4) is 0 Å². The molecule has 1 unspecified atom stereocenters. The summed E-state index contributed by atoms with van der Waals surface area (Å²) in [6, 6.07) is 2.20. The molecule has 1 aliphatic carbocycles. The van der Waals surface area contributed by atoms with Crippen LogP contribution in [-0.2, 0) is 6.54 Å². The first-order chi connectivity index (χ1) is 7.81. The van der Waals surface area contributed by atoms with Gasteiger partial charge in [0.2, 0.25) is 0 Å². The molecule has 1 aromatic heterocycles. The summed E-state index contributed by atoms with van der Waals surface area (Å²) >= 11 is 0. The number of hydrogen-bond donors (Lipinski definition) is 1. The van der Waals surface area contributed by atoms with E-state index in [-0.39, 0.29) is 5.69 Å². The summed E-state index contributed by atoms with van der Waals surface area (Å²) in [5.41, 5.74) is -0.152. The lowest BCUT2D eigenvalue weighted by molar-refractivity contribution is 0.335. The van der Waals surface area contributed by atoms with Gasteiger partial charge >= 0.3 is 5.69 Å². The number of nitrogens with zero attached hydrogens (tertiary/aromatic N) is 2. The van der Waals surface area contributed by atoms with Crippen LogP contribution in [0.3, 0.4) is 0 Å². The van der Waals surface area contributed by atoms with Crippen molar-refractivity contribution >= 4 is 0 Å². The van der Waals surface area contributed by atoms with Crippen LogP contribution in [0.1, 0.15) is 25.7 Å². The Kier molecular flexibility index (Phi) is 3.72. The van der Waals surface area contributed by atoms with Crippen LogP contribution < -0.4 is 11.0 Å². The molecular formula is C12H19N3O. The van der Waals surface area contributed by atoms with Gasteiger partial charge in [0.15, 0.2) is 0 Å². The highest BCUT2D eigenvalue weighted by atomic mass is 16.1. The Labute approximate surface area is 95.7 Å². The zero-order valence-corrected chi connectivity index (χ0v) is 9.72. The van der Waals surface area contributed by atoms with Crippen molar-refractivity contribution in [1.82, 2.24) is 14.9 Å². The van der Waals surface area contributed by atoms with Gasteiger partial charge in [0.25, 0.3) is 0 Å². The first-order valence-corrected chi connectivity index (χ1v) is 6.00. The van der Waals surface area contributed by atoms with Crippen LogP contribution in [0.25, 0.3) is 0 Å². The van der Waals surface area contributed by atoms with Crippen LogP contribution in [0, 0.1) is 5.92 Å². The van der Waals surface area contributed by atoms with Crippen molar-refractivity contribution in [2.45, 2.75) is 38.3 Å². The van der Waals surface area contributed by atoms with Crippen LogP contribution >= 0.6 is 0 Å². The van der Waals surface area contributed by atoms with E-state index in [0.29, 0.717) is 12.0 Å². The fraction of sp³-hybridized carbons (Fsp3) is 0.667. The molecule has 0 saturated heterocycles. The van der Waals surface area contributed by atoms with Gasteiger partial charge in [-0.3, -0.25) is 4.57 Å². The summed E-state index contributed by atoms with van der Waals surface area (Å²) in [5, 5.41) is 3.33. The number of aromatic nitrogens is 2. The molecule has 0 bridgehead atoms. The van der Waals surface area contributed by atoms with E-state index < -0.39 is 0 Å². The lowest BCUT2D eigenvalue weighted by Crippen LogP contribution is -2.39. The lowest BCUT2D eigenvalue weighted by atomic mass is 9.98. The van der Waals surface area contributed by atoms with Crippen LogP contribution in [-0.4, -0.2) is 22.6 Å². The smallest absolute Gasteiger partial charge is 0.315 e. The summed E-state index contributed by atoms with van der Waals surface area (Å²) in [4.78, 5) is 15.3. The summed E-state index contributed by atoms with van der Waals surface area (Å²) < 4.78 is 1.69. The molecule has 1 aromatic rings. The number of rotatable bonds is 4. The van der Waals surface area contributed by atoms with Crippen LogP contribution in [0.2, 0.25) is 0 Å². The summed E-state index contributed by atoms with van der Waals surface area (Å²) in [6.07, 6.45) is 8.56. The minimum Gasteiger partial charge on any atom is -0.315 e. The molecule has 2 rings (SSSR count). The Morgan fingerprint density at radius 3 is 2.94 bits per heavy atom. The van der Waals surface area contributed by atoms with E-state index in [4.69, 9.17) is 0 Å². The fourth-order valence-corrected chi connectivity index (χ4v) is 2.57. The molecule has 4 nitrogen and oxygen atoms in total. The molecule has 1 aliphatic rings. The Hall–Kier alpha value is -1.16. The molecule has 0 aliphatic heterocycles. The second kappa shape index (κ2) is 5.25. The molecule has 1 fully saturated rings. The van der Waals surface area contributed by atoms with E-state index >= 15 is 0 Å². The van der Waals surface area contributed by atoms with Gasteiger partial charge in [-0.05, 0) is 31.9 Å².